The van der Waals surface area contributed by atoms with Gasteiger partial charge in [-0.05, 0) is 54.6 Å². The van der Waals surface area contributed by atoms with Gasteiger partial charge < -0.3 is 10.3 Å². The molecule has 0 aliphatic heterocycles. The Kier molecular flexibility index (Phi) is 3.22. The summed E-state index contributed by atoms with van der Waals surface area (Å²) in [4.78, 5) is 10.1. The van der Waals surface area contributed by atoms with Gasteiger partial charge in [-0.3, -0.25) is 0 Å². The van der Waals surface area contributed by atoms with Crippen LogP contribution in [-0.2, 0) is 0 Å². The van der Waals surface area contributed by atoms with E-state index < -0.39 is 0 Å². The number of thiazole rings is 1. The van der Waals surface area contributed by atoms with Crippen LogP contribution in [0.25, 0.3) is 11.0 Å². The van der Waals surface area contributed by atoms with Crippen LogP contribution in [0.15, 0.2) is 24.4 Å². The fourth-order valence-electron chi connectivity index (χ4n) is 2.17. The molecule has 0 aliphatic rings. The number of benzene rings is 1. The van der Waals surface area contributed by atoms with E-state index in [9.17, 15) is 0 Å². The van der Waals surface area contributed by atoms with Gasteiger partial charge in [-0.15, -0.1) is 11.3 Å². The van der Waals surface area contributed by atoms with Crippen LogP contribution in [0.4, 0.5) is 5.95 Å². The van der Waals surface area contributed by atoms with Crippen molar-refractivity contribution >= 4 is 50.9 Å². The molecule has 0 spiro atoms. The van der Waals surface area contributed by atoms with E-state index in [0.717, 1.165) is 19.6 Å². The van der Waals surface area contributed by atoms with Crippen molar-refractivity contribution < 1.29 is 0 Å². The van der Waals surface area contributed by atoms with Gasteiger partial charge in [0, 0.05) is 14.6 Å². The van der Waals surface area contributed by atoms with E-state index in [-0.39, 0.29) is 6.04 Å². The molecule has 0 aliphatic carbocycles. The van der Waals surface area contributed by atoms with Gasteiger partial charge in [0.1, 0.15) is 5.01 Å². The second-order valence-electron chi connectivity index (χ2n) is 4.46. The van der Waals surface area contributed by atoms with Gasteiger partial charge in [0.15, 0.2) is 0 Å². The number of nitrogen functional groups attached to an aromatic ring is 1. The largest absolute Gasteiger partial charge is 0.369 e. The Balaban J connectivity index is 2.16. The fourth-order valence-corrected chi connectivity index (χ4v) is 3.46. The van der Waals surface area contributed by atoms with Gasteiger partial charge in [-0.1, -0.05) is 0 Å². The molecule has 98 valence electrons. The minimum atomic E-state index is 0.101. The van der Waals surface area contributed by atoms with Gasteiger partial charge in [0.2, 0.25) is 5.95 Å². The Morgan fingerprint density at radius 3 is 2.89 bits per heavy atom. The van der Waals surface area contributed by atoms with Crippen LogP contribution in [0.2, 0.25) is 0 Å². The summed E-state index contributed by atoms with van der Waals surface area (Å²) in [5, 5.41) is 1.06. The molecule has 4 nitrogen and oxygen atoms in total. The minimum absolute atomic E-state index is 0.101. The number of hydrogen-bond acceptors (Lipinski definition) is 4. The monoisotopic (exact) mass is 384 g/mol. The van der Waals surface area contributed by atoms with Crippen molar-refractivity contribution in [1.82, 2.24) is 14.5 Å². The number of imidazole rings is 1. The molecule has 6 heteroatoms. The van der Waals surface area contributed by atoms with E-state index >= 15 is 0 Å². The number of nitrogens with two attached hydrogens (primary N) is 1. The first kappa shape index (κ1) is 12.9. The first-order valence-electron chi connectivity index (χ1n) is 5.91. The lowest BCUT2D eigenvalue weighted by atomic mass is 10.3. The molecular weight excluding hydrogens is 371 g/mol. The highest BCUT2D eigenvalue weighted by atomic mass is 127. The maximum absolute atomic E-state index is 6.07. The Labute approximate surface area is 128 Å². The van der Waals surface area contributed by atoms with E-state index in [0.29, 0.717) is 5.95 Å². The van der Waals surface area contributed by atoms with Crippen LogP contribution < -0.4 is 5.73 Å². The van der Waals surface area contributed by atoms with Crippen LogP contribution in [0.3, 0.4) is 0 Å². The molecule has 3 aromatic rings. The first-order chi connectivity index (χ1) is 9.06. The molecule has 2 heterocycles. The van der Waals surface area contributed by atoms with Crippen molar-refractivity contribution in [2.24, 2.45) is 0 Å². The van der Waals surface area contributed by atoms with E-state index in [1.165, 1.54) is 4.88 Å². The lowest BCUT2D eigenvalue weighted by Crippen LogP contribution is -2.09. The lowest BCUT2D eigenvalue weighted by molar-refractivity contribution is 0.662. The zero-order valence-corrected chi connectivity index (χ0v) is 13.6. The summed E-state index contributed by atoms with van der Waals surface area (Å²) in [5.74, 6) is 0.539. The number of aromatic nitrogens is 3. The van der Waals surface area contributed by atoms with E-state index in [1.54, 1.807) is 11.3 Å². The molecule has 1 aromatic carbocycles. The SMILES string of the molecule is Cc1cnc(C(C)n2c(N)nc3cc(I)ccc32)s1. The topological polar surface area (TPSA) is 56.7 Å². The molecule has 0 fully saturated rings. The van der Waals surface area contributed by atoms with Crippen LogP contribution >= 0.6 is 33.9 Å². The Hall–Kier alpha value is -1.15. The quantitative estimate of drug-likeness (QED) is 0.687. The standard InChI is InChI=1S/C13H13IN4S/c1-7-6-16-12(19-7)8(2)18-11-4-3-9(14)5-10(11)17-13(18)15/h3-6,8H,1-2H3,(H2,15,17). The van der Waals surface area contributed by atoms with Crippen LogP contribution in [0, 0.1) is 10.5 Å². The molecule has 1 atom stereocenters. The highest BCUT2D eigenvalue weighted by Crippen LogP contribution is 2.29. The lowest BCUT2D eigenvalue weighted by Gasteiger charge is -2.13. The van der Waals surface area contributed by atoms with Crippen LogP contribution in [-0.4, -0.2) is 14.5 Å². The Morgan fingerprint density at radius 1 is 1.42 bits per heavy atom. The molecular formula is C13H13IN4S. The van der Waals surface area contributed by atoms with Crippen molar-refractivity contribution in [1.29, 1.82) is 0 Å². The average Bonchev–Trinajstić information content (AvgIpc) is 2.91. The Bertz CT molecular complexity index is 746. The number of halogens is 1. The Morgan fingerprint density at radius 2 is 2.21 bits per heavy atom. The third-order valence-electron chi connectivity index (χ3n) is 3.06. The van der Waals surface area contributed by atoms with E-state index in [4.69, 9.17) is 5.73 Å². The molecule has 2 N–H and O–H groups in total. The number of hydrogen-bond donors (Lipinski definition) is 1. The molecule has 0 saturated heterocycles. The van der Waals surface area contributed by atoms with Crippen molar-refractivity contribution in [2.75, 3.05) is 5.73 Å². The number of rotatable bonds is 2. The molecule has 2 aromatic heterocycles. The summed E-state index contributed by atoms with van der Waals surface area (Å²) in [7, 11) is 0. The number of aryl methyl sites for hydroxylation is 1. The predicted octanol–water partition coefficient (Wildman–Crippen LogP) is 3.60. The average molecular weight is 384 g/mol. The summed E-state index contributed by atoms with van der Waals surface area (Å²) in [6.07, 6.45) is 1.90. The zero-order valence-electron chi connectivity index (χ0n) is 10.6. The maximum atomic E-state index is 6.07. The second kappa shape index (κ2) is 4.75. The van der Waals surface area contributed by atoms with Crippen molar-refractivity contribution in [3.05, 3.63) is 37.9 Å². The molecule has 19 heavy (non-hydrogen) atoms. The van der Waals surface area contributed by atoms with E-state index in [2.05, 4.69) is 58.5 Å². The zero-order chi connectivity index (χ0) is 13.6. The summed E-state index contributed by atoms with van der Waals surface area (Å²) in [5.41, 5.74) is 8.06. The van der Waals surface area contributed by atoms with E-state index in [1.807, 2.05) is 16.8 Å². The number of anilines is 1. The molecule has 1 unspecified atom stereocenters. The molecule has 3 rings (SSSR count). The summed E-state index contributed by atoms with van der Waals surface area (Å²) >= 11 is 3.98. The van der Waals surface area contributed by atoms with Gasteiger partial charge in [0.25, 0.3) is 0 Å². The van der Waals surface area contributed by atoms with Gasteiger partial charge in [0.05, 0.1) is 17.1 Å². The normalized spacial score (nSPS) is 13.0. The maximum Gasteiger partial charge on any atom is 0.201 e. The van der Waals surface area contributed by atoms with Gasteiger partial charge in [-0.2, -0.15) is 0 Å². The third kappa shape index (κ3) is 2.23. The van der Waals surface area contributed by atoms with Crippen molar-refractivity contribution in [3.63, 3.8) is 0 Å². The van der Waals surface area contributed by atoms with Gasteiger partial charge in [-0.25, -0.2) is 9.97 Å². The first-order valence-corrected chi connectivity index (χ1v) is 7.81. The predicted molar refractivity (Wildman–Crippen MR) is 87.5 cm³/mol. The highest BCUT2D eigenvalue weighted by Gasteiger charge is 2.18. The highest BCUT2D eigenvalue weighted by molar-refractivity contribution is 14.1. The third-order valence-corrected chi connectivity index (χ3v) is 4.82. The van der Waals surface area contributed by atoms with Gasteiger partial charge >= 0.3 is 0 Å². The number of fused-ring (bicyclic) bond motifs is 1. The fraction of sp³-hybridized carbons (Fsp3) is 0.231. The molecule has 0 saturated carbocycles. The molecule has 0 amide bonds. The van der Waals surface area contributed by atoms with Crippen molar-refractivity contribution in [3.8, 4) is 0 Å². The number of nitrogens with zero attached hydrogens (tertiary/aromatic N) is 3. The summed E-state index contributed by atoms with van der Waals surface area (Å²) in [6, 6.07) is 6.28. The smallest absolute Gasteiger partial charge is 0.201 e. The second-order valence-corrected chi connectivity index (χ2v) is 6.97. The minimum Gasteiger partial charge on any atom is -0.369 e. The molecule has 0 radical (unpaired) electrons. The summed E-state index contributed by atoms with van der Waals surface area (Å²) < 4.78 is 3.21. The van der Waals surface area contributed by atoms with Crippen molar-refractivity contribution in [2.45, 2.75) is 19.9 Å². The van der Waals surface area contributed by atoms with Crippen LogP contribution in [0.5, 0.6) is 0 Å². The summed E-state index contributed by atoms with van der Waals surface area (Å²) in [6.45, 7) is 4.17. The molecule has 0 bridgehead atoms. The van der Waals surface area contributed by atoms with Crippen LogP contribution in [0.1, 0.15) is 22.9 Å².